The molecule has 0 spiro atoms. The van der Waals surface area contributed by atoms with Crippen molar-refractivity contribution in [2.45, 2.75) is 24.5 Å². The molecule has 0 aliphatic heterocycles. The van der Waals surface area contributed by atoms with Crippen molar-refractivity contribution in [1.82, 2.24) is 15.3 Å². The summed E-state index contributed by atoms with van der Waals surface area (Å²) in [6.07, 6.45) is 0. The van der Waals surface area contributed by atoms with Crippen molar-refractivity contribution in [3.63, 3.8) is 0 Å². The van der Waals surface area contributed by atoms with Gasteiger partial charge in [0.25, 0.3) is 5.56 Å². The third kappa shape index (κ3) is 5.26. The first kappa shape index (κ1) is 23.8. The number of carbonyl (C=O) groups excluding carboxylic acids is 1. The number of methoxy groups -OCH3 is 2. The molecular formula is C25H25N3O4S2. The van der Waals surface area contributed by atoms with Crippen molar-refractivity contribution in [3.8, 4) is 22.6 Å². The molecule has 2 aromatic heterocycles. The second-order valence-corrected chi connectivity index (χ2v) is 9.76. The number of fused-ring (bicyclic) bond motifs is 1. The Labute approximate surface area is 205 Å². The van der Waals surface area contributed by atoms with Gasteiger partial charge in [-0.15, -0.1) is 23.1 Å². The molecule has 4 aromatic rings. The molecule has 34 heavy (non-hydrogen) atoms. The molecule has 2 aromatic carbocycles. The van der Waals surface area contributed by atoms with Crippen LogP contribution in [0, 0.1) is 0 Å². The van der Waals surface area contributed by atoms with Crippen molar-refractivity contribution in [2.75, 3.05) is 14.2 Å². The highest BCUT2D eigenvalue weighted by molar-refractivity contribution is 7.99. The Hall–Kier alpha value is -3.30. The number of nitrogens with one attached hydrogen (secondary N) is 2. The molecule has 176 valence electrons. The average Bonchev–Trinajstić information content (AvgIpc) is 3.30. The number of rotatable bonds is 9. The molecule has 9 heteroatoms. The van der Waals surface area contributed by atoms with Gasteiger partial charge >= 0.3 is 0 Å². The van der Waals surface area contributed by atoms with Gasteiger partial charge in [0.05, 0.1) is 30.6 Å². The fourth-order valence-corrected chi connectivity index (χ4v) is 5.24. The summed E-state index contributed by atoms with van der Waals surface area (Å²) in [4.78, 5) is 33.6. The number of thiophene rings is 1. The van der Waals surface area contributed by atoms with Gasteiger partial charge in [-0.05, 0) is 30.2 Å². The second kappa shape index (κ2) is 10.8. The Morgan fingerprint density at radius 1 is 1.15 bits per heavy atom. The molecule has 2 heterocycles. The lowest BCUT2D eigenvalue weighted by molar-refractivity contribution is -0.120. The normalized spacial score (nSPS) is 11.9. The van der Waals surface area contributed by atoms with Gasteiger partial charge in [-0.25, -0.2) is 4.98 Å². The predicted molar refractivity (Wildman–Crippen MR) is 138 cm³/mol. The molecule has 0 saturated carbocycles. The number of nitrogens with zero attached hydrogens (tertiary/aromatic N) is 1. The molecule has 4 rings (SSSR count). The van der Waals surface area contributed by atoms with E-state index < -0.39 is 0 Å². The van der Waals surface area contributed by atoms with Crippen molar-refractivity contribution >= 4 is 39.2 Å². The monoisotopic (exact) mass is 495 g/mol. The summed E-state index contributed by atoms with van der Waals surface area (Å²) >= 11 is 2.87. The van der Waals surface area contributed by atoms with Crippen LogP contribution in [0.4, 0.5) is 0 Å². The zero-order valence-electron chi connectivity index (χ0n) is 19.1. The standard InChI is InChI=1S/C25H25N3O4S2/c1-15(23(29)26-12-16-9-10-19(31-2)20(11-16)32-3)33-14-21-27-24(30)22-18(13-34-25(22)28-21)17-7-5-4-6-8-17/h4-11,13,15H,12,14H2,1-3H3,(H,26,29)(H,27,28,30)/t15-/m1/s1. The molecule has 0 aliphatic carbocycles. The Balaban J connectivity index is 1.38. The molecule has 0 bridgehead atoms. The van der Waals surface area contributed by atoms with Crippen LogP contribution in [0.3, 0.4) is 0 Å². The number of ether oxygens (including phenoxy) is 2. The van der Waals surface area contributed by atoms with E-state index in [-0.39, 0.29) is 16.7 Å². The number of amides is 1. The number of aromatic nitrogens is 2. The first-order valence-corrected chi connectivity index (χ1v) is 12.6. The highest BCUT2D eigenvalue weighted by Gasteiger charge is 2.17. The smallest absolute Gasteiger partial charge is 0.260 e. The van der Waals surface area contributed by atoms with Crippen molar-refractivity contribution in [3.05, 3.63) is 75.7 Å². The molecule has 0 saturated heterocycles. The van der Waals surface area contributed by atoms with Gasteiger partial charge < -0.3 is 19.8 Å². The Morgan fingerprint density at radius 3 is 2.65 bits per heavy atom. The SMILES string of the molecule is COc1ccc(CNC(=O)[C@@H](C)SCc2nc3scc(-c4ccccc4)c3c(=O)[nH]2)cc1OC. The van der Waals surface area contributed by atoms with Crippen LogP contribution in [0.25, 0.3) is 21.3 Å². The number of hydrogen-bond acceptors (Lipinski definition) is 7. The largest absolute Gasteiger partial charge is 0.493 e. The highest BCUT2D eigenvalue weighted by Crippen LogP contribution is 2.31. The molecule has 1 atom stereocenters. The van der Waals surface area contributed by atoms with E-state index in [9.17, 15) is 9.59 Å². The van der Waals surface area contributed by atoms with Crippen LogP contribution in [-0.2, 0) is 17.1 Å². The lowest BCUT2D eigenvalue weighted by atomic mass is 10.1. The zero-order chi connectivity index (χ0) is 24.1. The maximum absolute atomic E-state index is 12.8. The molecule has 0 unspecified atom stereocenters. The molecule has 0 radical (unpaired) electrons. The minimum Gasteiger partial charge on any atom is -0.493 e. The van der Waals surface area contributed by atoms with Gasteiger partial charge in [-0.3, -0.25) is 9.59 Å². The van der Waals surface area contributed by atoms with Crippen molar-refractivity contribution < 1.29 is 14.3 Å². The highest BCUT2D eigenvalue weighted by atomic mass is 32.2. The van der Waals surface area contributed by atoms with E-state index >= 15 is 0 Å². The van der Waals surface area contributed by atoms with Gasteiger partial charge in [0.2, 0.25) is 5.91 Å². The Kier molecular flexibility index (Phi) is 7.54. The minimum atomic E-state index is -0.315. The number of hydrogen-bond donors (Lipinski definition) is 2. The van der Waals surface area contributed by atoms with Crippen LogP contribution < -0.4 is 20.3 Å². The van der Waals surface area contributed by atoms with Crippen LogP contribution in [0.5, 0.6) is 11.5 Å². The first-order valence-electron chi connectivity index (χ1n) is 10.7. The zero-order valence-corrected chi connectivity index (χ0v) is 20.7. The van der Waals surface area contributed by atoms with Crippen LogP contribution in [0.2, 0.25) is 0 Å². The first-order chi connectivity index (χ1) is 16.5. The van der Waals surface area contributed by atoms with Gasteiger partial charge in [0.15, 0.2) is 11.5 Å². The lowest BCUT2D eigenvalue weighted by Crippen LogP contribution is -2.30. The van der Waals surface area contributed by atoms with E-state index in [1.165, 1.54) is 23.1 Å². The van der Waals surface area contributed by atoms with Gasteiger partial charge in [-0.1, -0.05) is 36.4 Å². The molecule has 1 amide bonds. The van der Waals surface area contributed by atoms with E-state index in [1.54, 1.807) is 14.2 Å². The average molecular weight is 496 g/mol. The van der Waals surface area contributed by atoms with E-state index in [4.69, 9.17) is 9.47 Å². The van der Waals surface area contributed by atoms with Crippen LogP contribution >= 0.6 is 23.1 Å². The summed E-state index contributed by atoms with van der Waals surface area (Å²) in [6.45, 7) is 2.21. The summed E-state index contributed by atoms with van der Waals surface area (Å²) in [5.41, 5.74) is 2.62. The topological polar surface area (TPSA) is 93.3 Å². The van der Waals surface area contributed by atoms with E-state index in [1.807, 2.05) is 60.8 Å². The quantitative estimate of drug-likeness (QED) is 0.352. The Bertz CT molecular complexity index is 1350. The lowest BCUT2D eigenvalue weighted by Gasteiger charge is -2.13. The van der Waals surface area contributed by atoms with Gasteiger partial charge in [-0.2, -0.15) is 0 Å². The maximum Gasteiger partial charge on any atom is 0.260 e. The number of aromatic amines is 1. The van der Waals surface area contributed by atoms with Crippen molar-refractivity contribution in [1.29, 1.82) is 0 Å². The summed E-state index contributed by atoms with van der Waals surface area (Å²) in [6, 6.07) is 15.3. The van der Waals surface area contributed by atoms with Crippen LogP contribution in [-0.4, -0.2) is 35.3 Å². The molecular weight excluding hydrogens is 470 g/mol. The third-order valence-electron chi connectivity index (χ3n) is 5.33. The van der Waals surface area contributed by atoms with E-state index in [2.05, 4.69) is 15.3 Å². The van der Waals surface area contributed by atoms with Gasteiger partial charge in [0.1, 0.15) is 10.7 Å². The van der Waals surface area contributed by atoms with Crippen LogP contribution in [0.1, 0.15) is 18.3 Å². The summed E-state index contributed by atoms with van der Waals surface area (Å²) in [7, 11) is 3.16. The van der Waals surface area contributed by atoms with E-state index in [0.717, 1.165) is 16.7 Å². The maximum atomic E-state index is 12.8. The molecule has 2 N–H and O–H groups in total. The number of benzene rings is 2. The fourth-order valence-electron chi connectivity index (χ4n) is 3.50. The second-order valence-electron chi connectivity index (χ2n) is 7.57. The van der Waals surface area contributed by atoms with Gasteiger partial charge in [0, 0.05) is 17.5 Å². The minimum absolute atomic E-state index is 0.0919. The number of thioether (sulfide) groups is 1. The summed E-state index contributed by atoms with van der Waals surface area (Å²) in [5, 5.41) is 5.19. The predicted octanol–water partition coefficient (Wildman–Crippen LogP) is 4.61. The Morgan fingerprint density at radius 2 is 1.91 bits per heavy atom. The molecule has 0 fully saturated rings. The van der Waals surface area contributed by atoms with Crippen LogP contribution in [0.15, 0.2) is 58.7 Å². The van der Waals surface area contributed by atoms with Crippen molar-refractivity contribution in [2.24, 2.45) is 0 Å². The molecule has 0 aliphatic rings. The number of carbonyl (C=O) groups is 1. The fraction of sp³-hybridized carbons (Fsp3) is 0.240. The van der Waals surface area contributed by atoms with E-state index in [0.29, 0.717) is 39.8 Å². The number of H-pyrrole nitrogens is 1. The molecule has 7 nitrogen and oxygen atoms in total. The summed E-state index contributed by atoms with van der Waals surface area (Å²) in [5.74, 6) is 2.15. The third-order valence-corrected chi connectivity index (χ3v) is 7.36. The summed E-state index contributed by atoms with van der Waals surface area (Å²) < 4.78 is 10.6.